The number of thiocarbonyl (C=S) groups is 1. The Labute approximate surface area is 147 Å². The first-order chi connectivity index (χ1) is 11.2. The second kappa shape index (κ2) is 7.40. The predicted octanol–water partition coefficient (Wildman–Crippen LogP) is 1.62. The molecule has 8 heteroatoms. The van der Waals surface area contributed by atoms with Crippen LogP contribution in [0, 0.1) is 0 Å². The molecule has 0 radical (unpaired) electrons. The van der Waals surface area contributed by atoms with E-state index in [9.17, 15) is 9.90 Å². The van der Waals surface area contributed by atoms with Crippen LogP contribution in [0.4, 0.5) is 4.79 Å². The summed E-state index contributed by atoms with van der Waals surface area (Å²) in [6, 6.07) is 3.65. The summed E-state index contributed by atoms with van der Waals surface area (Å²) in [5.74, 6) is 0.763. The summed E-state index contributed by atoms with van der Waals surface area (Å²) in [7, 11) is 0. The Bertz CT molecular complexity index is 570. The SMILES string of the molecule is CC(C)(C)OC(=O)N1CCC(CO)(NC(=S)NCc2ccco2)C1. The van der Waals surface area contributed by atoms with Gasteiger partial charge < -0.3 is 29.8 Å². The van der Waals surface area contributed by atoms with E-state index in [1.54, 1.807) is 17.2 Å². The molecule has 0 bridgehead atoms. The van der Waals surface area contributed by atoms with Gasteiger partial charge in [0, 0.05) is 13.1 Å². The van der Waals surface area contributed by atoms with Gasteiger partial charge in [0.1, 0.15) is 11.4 Å². The second-order valence-corrected chi connectivity index (χ2v) is 7.39. The van der Waals surface area contributed by atoms with Crippen LogP contribution in [0.3, 0.4) is 0 Å². The maximum absolute atomic E-state index is 12.2. The molecule has 1 unspecified atom stereocenters. The second-order valence-electron chi connectivity index (χ2n) is 6.98. The number of hydrogen-bond donors (Lipinski definition) is 3. The first kappa shape index (κ1) is 18.5. The summed E-state index contributed by atoms with van der Waals surface area (Å²) in [6.45, 7) is 6.64. The quantitative estimate of drug-likeness (QED) is 0.708. The van der Waals surface area contributed by atoms with Crippen molar-refractivity contribution < 1.29 is 19.1 Å². The Hall–Kier alpha value is -1.80. The standard InChI is InChI=1S/C16H25N3O4S/c1-15(2,3)23-14(21)19-7-6-16(10-19,11-20)18-13(24)17-9-12-5-4-8-22-12/h4-5,8,20H,6-7,9-11H2,1-3H3,(H2,17,18,24). The molecule has 3 N–H and O–H groups in total. The zero-order chi connectivity index (χ0) is 17.8. The molecule has 24 heavy (non-hydrogen) atoms. The largest absolute Gasteiger partial charge is 0.467 e. The van der Waals surface area contributed by atoms with Gasteiger partial charge in [-0.15, -0.1) is 0 Å². The van der Waals surface area contributed by atoms with Crippen molar-refractivity contribution in [1.82, 2.24) is 15.5 Å². The van der Waals surface area contributed by atoms with Crippen molar-refractivity contribution in [1.29, 1.82) is 0 Å². The number of hydrogen-bond acceptors (Lipinski definition) is 5. The molecule has 1 saturated heterocycles. The van der Waals surface area contributed by atoms with Crippen molar-refractivity contribution in [3.63, 3.8) is 0 Å². The molecule has 7 nitrogen and oxygen atoms in total. The normalized spacial score (nSPS) is 20.8. The highest BCUT2D eigenvalue weighted by molar-refractivity contribution is 7.80. The maximum atomic E-state index is 12.2. The number of nitrogens with one attached hydrogen (secondary N) is 2. The number of aliphatic hydroxyl groups excluding tert-OH is 1. The van der Waals surface area contributed by atoms with Crippen LogP contribution >= 0.6 is 12.2 Å². The number of furan rings is 1. The molecule has 134 valence electrons. The molecular weight excluding hydrogens is 330 g/mol. The first-order valence-electron chi connectivity index (χ1n) is 7.90. The van der Waals surface area contributed by atoms with E-state index in [2.05, 4.69) is 10.6 Å². The van der Waals surface area contributed by atoms with E-state index in [0.29, 0.717) is 31.2 Å². The highest BCUT2D eigenvalue weighted by Gasteiger charge is 2.41. The van der Waals surface area contributed by atoms with Crippen LogP contribution in [-0.4, -0.2) is 52.0 Å². The van der Waals surface area contributed by atoms with Crippen molar-refractivity contribution in [2.24, 2.45) is 0 Å². The number of carbonyl (C=O) groups is 1. The monoisotopic (exact) mass is 355 g/mol. The number of ether oxygens (including phenoxy) is 1. The van der Waals surface area contributed by atoms with E-state index in [1.807, 2.05) is 26.8 Å². The number of nitrogens with zero attached hydrogens (tertiary/aromatic N) is 1. The van der Waals surface area contributed by atoms with Crippen molar-refractivity contribution in [3.8, 4) is 0 Å². The number of amides is 1. The fraction of sp³-hybridized carbons (Fsp3) is 0.625. The lowest BCUT2D eigenvalue weighted by atomic mass is 10.0. The van der Waals surface area contributed by atoms with Crippen molar-refractivity contribution in [2.75, 3.05) is 19.7 Å². The summed E-state index contributed by atoms with van der Waals surface area (Å²) in [4.78, 5) is 13.8. The Balaban J connectivity index is 1.88. The van der Waals surface area contributed by atoms with Gasteiger partial charge in [0.25, 0.3) is 0 Å². The van der Waals surface area contributed by atoms with Gasteiger partial charge in [-0.05, 0) is 51.5 Å². The average Bonchev–Trinajstić information content (AvgIpc) is 3.13. The molecule has 0 spiro atoms. The maximum Gasteiger partial charge on any atom is 0.410 e. The average molecular weight is 355 g/mol. The van der Waals surface area contributed by atoms with E-state index in [-0.39, 0.29) is 12.7 Å². The van der Waals surface area contributed by atoms with Gasteiger partial charge >= 0.3 is 6.09 Å². The van der Waals surface area contributed by atoms with Gasteiger partial charge in [-0.25, -0.2) is 4.79 Å². The minimum atomic E-state index is -0.663. The van der Waals surface area contributed by atoms with Crippen LogP contribution in [0.25, 0.3) is 0 Å². The van der Waals surface area contributed by atoms with Gasteiger partial charge in [0.15, 0.2) is 5.11 Å². The lowest BCUT2D eigenvalue weighted by Gasteiger charge is -2.30. The minimum Gasteiger partial charge on any atom is -0.467 e. The third kappa shape index (κ3) is 5.10. The molecule has 1 aliphatic heterocycles. The summed E-state index contributed by atoms with van der Waals surface area (Å²) in [5, 5.41) is 16.4. The topological polar surface area (TPSA) is 87.0 Å². The van der Waals surface area contributed by atoms with Crippen LogP contribution < -0.4 is 10.6 Å². The molecule has 1 aromatic heterocycles. The van der Waals surface area contributed by atoms with E-state index in [4.69, 9.17) is 21.4 Å². The molecule has 1 amide bonds. The molecular formula is C16H25N3O4S. The molecule has 1 atom stereocenters. The van der Waals surface area contributed by atoms with Crippen molar-refractivity contribution in [2.45, 2.75) is 44.9 Å². The predicted molar refractivity (Wildman–Crippen MR) is 93.5 cm³/mol. The molecule has 1 aromatic rings. The summed E-state index contributed by atoms with van der Waals surface area (Å²) in [5.41, 5.74) is -1.21. The highest BCUT2D eigenvalue weighted by Crippen LogP contribution is 2.23. The Morgan fingerprint density at radius 2 is 2.29 bits per heavy atom. The summed E-state index contributed by atoms with van der Waals surface area (Å²) in [6.07, 6.45) is 1.80. The fourth-order valence-corrected chi connectivity index (χ4v) is 2.78. The molecule has 1 aliphatic rings. The molecule has 0 aromatic carbocycles. The zero-order valence-corrected chi connectivity index (χ0v) is 15.1. The van der Waals surface area contributed by atoms with Crippen LogP contribution in [0.2, 0.25) is 0 Å². The van der Waals surface area contributed by atoms with E-state index in [0.717, 1.165) is 5.76 Å². The number of rotatable bonds is 4. The zero-order valence-electron chi connectivity index (χ0n) is 14.3. The molecule has 0 aliphatic carbocycles. The number of carbonyl (C=O) groups excluding carboxylic acids is 1. The van der Waals surface area contributed by atoms with Crippen LogP contribution in [0.5, 0.6) is 0 Å². The fourth-order valence-electron chi connectivity index (χ4n) is 2.49. The van der Waals surface area contributed by atoms with E-state index < -0.39 is 11.1 Å². The highest BCUT2D eigenvalue weighted by atomic mass is 32.1. The Kier molecular flexibility index (Phi) is 5.71. The van der Waals surface area contributed by atoms with E-state index >= 15 is 0 Å². The molecule has 2 rings (SSSR count). The molecule has 1 fully saturated rings. The van der Waals surface area contributed by atoms with Gasteiger partial charge in [-0.2, -0.15) is 0 Å². The Morgan fingerprint density at radius 1 is 1.54 bits per heavy atom. The molecule has 2 heterocycles. The lowest BCUT2D eigenvalue weighted by molar-refractivity contribution is 0.0274. The summed E-state index contributed by atoms with van der Waals surface area (Å²) < 4.78 is 10.6. The third-order valence-corrected chi connectivity index (χ3v) is 3.94. The van der Waals surface area contributed by atoms with Gasteiger partial charge in [0.05, 0.1) is 25.0 Å². The van der Waals surface area contributed by atoms with Gasteiger partial charge in [-0.1, -0.05) is 0 Å². The Morgan fingerprint density at radius 3 is 2.88 bits per heavy atom. The van der Waals surface area contributed by atoms with Crippen LogP contribution in [0.15, 0.2) is 22.8 Å². The minimum absolute atomic E-state index is 0.130. The lowest BCUT2D eigenvalue weighted by Crippen LogP contribution is -2.56. The number of aliphatic hydroxyl groups is 1. The third-order valence-electron chi connectivity index (χ3n) is 3.69. The summed E-state index contributed by atoms with van der Waals surface area (Å²) >= 11 is 5.28. The van der Waals surface area contributed by atoms with Crippen LogP contribution in [0.1, 0.15) is 33.0 Å². The van der Waals surface area contributed by atoms with Crippen molar-refractivity contribution in [3.05, 3.63) is 24.2 Å². The van der Waals surface area contributed by atoms with Gasteiger partial charge in [-0.3, -0.25) is 0 Å². The van der Waals surface area contributed by atoms with E-state index in [1.165, 1.54) is 0 Å². The number of likely N-dealkylation sites (tertiary alicyclic amines) is 1. The smallest absolute Gasteiger partial charge is 0.410 e. The van der Waals surface area contributed by atoms with Gasteiger partial charge in [0.2, 0.25) is 0 Å². The molecule has 0 saturated carbocycles. The first-order valence-corrected chi connectivity index (χ1v) is 8.31. The van der Waals surface area contributed by atoms with Crippen molar-refractivity contribution >= 4 is 23.4 Å². The van der Waals surface area contributed by atoms with Crippen LogP contribution in [-0.2, 0) is 11.3 Å².